The summed E-state index contributed by atoms with van der Waals surface area (Å²) in [7, 11) is 0. The van der Waals surface area contributed by atoms with Gasteiger partial charge in [-0.1, -0.05) is 153 Å². The Bertz CT molecular complexity index is 3410. The van der Waals surface area contributed by atoms with Crippen molar-refractivity contribution in [2.24, 2.45) is 0 Å². The van der Waals surface area contributed by atoms with E-state index in [1.165, 1.54) is 81.9 Å². The fourth-order valence-electron chi connectivity index (χ4n) is 10.00. The zero-order chi connectivity index (χ0) is 37.8. The van der Waals surface area contributed by atoms with Gasteiger partial charge in [0.05, 0.1) is 5.69 Å². The van der Waals surface area contributed by atoms with Gasteiger partial charge in [-0.3, -0.25) is 0 Å². The van der Waals surface area contributed by atoms with Crippen LogP contribution < -0.4 is 4.90 Å². The fourth-order valence-corrected chi connectivity index (χ4v) is 10.00. The normalized spacial score (nSPS) is 13.2. The van der Waals surface area contributed by atoms with Gasteiger partial charge in [-0.15, -0.1) is 0 Å². The minimum Gasteiger partial charge on any atom is -0.456 e. The van der Waals surface area contributed by atoms with E-state index < -0.39 is 0 Å². The quantitative estimate of drug-likeness (QED) is 0.168. The number of rotatable bonds is 4. The van der Waals surface area contributed by atoms with Crippen LogP contribution in [-0.4, -0.2) is 0 Å². The number of benzene rings is 10. The Morgan fingerprint density at radius 1 is 0.386 bits per heavy atom. The molecule has 1 aliphatic carbocycles. The van der Waals surface area contributed by atoms with Crippen LogP contribution in [0.5, 0.6) is 0 Å². The van der Waals surface area contributed by atoms with Crippen LogP contribution in [-0.2, 0) is 5.41 Å². The molecule has 2 heteroatoms. The molecular formula is C55H37NO. The minimum absolute atomic E-state index is 0.103. The Kier molecular flexibility index (Phi) is 6.72. The molecule has 0 bridgehead atoms. The molecule has 11 aromatic rings. The molecule has 10 aromatic carbocycles. The summed E-state index contributed by atoms with van der Waals surface area (Å²) in [6, 6.07) is 69.0. The lowest BCUT2D eigenvalue weighted by Crippen LogP contribution is -2.16. The lowest BCUT2D eigenvalue weighted by atomic mass is 9.82. The van der Waals surface area contributed by atoms with Crippen molar-refractivity contribution < 1.29 is 4.42 Å². The van der Waals surface area contributed by atoms with Crippen LogP contribution in [0.3, 0.4) is 0 Å². The minimum atomic E-state index is -0.103. The van der Waals surface area contributed by atoms with Crippen molar-refractivity contribution in [1.29, 1.82) is 0 Å². The van der Waals surface area contributed by atoms with E-state index in [0.29, 0.717) is 0 Å². The number of fused-ring (bicyclic) bond motifs is 14. The second kappa shape index (κ2) is 11.9. The molecule has 268 valence electrons. The summed E-state index contributed by atoms with van der Waals surface area (Å²) in [5.41, 5.74) is 13.0. The predicted octanol–water partition coefficient (Wildman–Crippen LogP) is 15.6. The number of furan rings is 1. The van der Waals surface area contributed by atoms with Crippen LogP contribution in [0.2, 0.25) is 0 Å². The van der Waals surface area contributed by atoms with E-state index in [-0.39, 0.29) is 5.41 Å². The van der Waals surface area contributed by atoms with Gasteiger partial charge in [0.15, 0.2) is 0 Å². The standard InChI is InChI=1S/C55H37NO/c1-55(2)47-22-9-7-16-40(47)41-30-29-37(33-48(41)55)56(49-23-11-14-34-13-3-4-15-38(34)49)36-27-25-35(26-28-36)39-20-12-21-43-45-31-32-51-54(46-19-8-10-24-50(46)57-51)53(45)44-18-6-5-17-42(44)52(39)43/h3-33H,1-2H3. The number of hydrogen-bond donors (Lipinski definition) is 0. The molecule has 0 saturated carbocycles. The van der Waals surface area contributed by atoms with Gasteiger partial charge in [-0.25, -0.2) is 0 Å². The molecule has 1 heterocycles. The molecular weight excluding hydrogens is 691 g/mol. The third kappa shape index (κ3) is 4.59. The average Bonchev–Trinajstić information content (AvgIpc) is 3.76. The van der Waals surface area contributed by atoms with Gasteiger partial charge in [0.25, 0.3) is 0 Å². The van der Waals surface area contributed by atoms with Crippen molar-refractivity contribution >= 4 is 82.1 Å². The zero-order valence-electron chi connectivity index (χ0n) is 31.8. The summed E-state index contributed by atoms with van der Waals surface area (Å²) >= 11 is 0. The second-order valence-corrected chi connectivity index (χ2v) is 16.0. The second-order valence-electron chi connectivity index (χ2n) is 16.0. The van der Waals surface area contributed by atoms with Crippen LogP contribution in [0.15, 0.2) is 192 Å². The topological polar surface area (TPSA) is 16.4 Å². The van der Waals surface area contributed by atoms with Gasteiger partial charge < -0.3 is 9.32 Å². The summed E-state index contributed by atoms with van der Waals surface area (Å²) in [6.45, 7) is 4.71. The number of anilines is 3. The highest BCUT2D eigenvalue weighted by Crippen LogP contribution is 2.51. The molecule has 0 saturated heterocycles. The lowest BCUT2D eigenvalue weighted by Gasteiger charge is -2.29. The molecule has 0 unspecified atom stereocenters. The van der Waals surface area contributed by atoms with Gasteiger partial charge >= 0.3 is 0 Å². The van der Waals surface area contributed by atoms with Crippen molar-refractivity contribution in [2.75, 3.05) is 4.90 Å². The maximum atomic E-state index is 6.38. The third-order valence-electron chi connectivity index (χ3n) is 12.6. The van der Waals surface area contributed by atoms with E-state index in [0.717, 1.165) is 33.6 Å². The summed E-state index contributed by atoms with van der Waals surface area (Å²) in [4.78, 5) is 2.44. The van der Waals surface area contributed by atoms with Gasteiger partial charge in [-0.05, 0) is 114 Å². The molecule has 12 rings (SSSR count). The molecule has 0 spiro atoms. The Morgan fingerprint density at radius 3 is 1.82 bits per heavy atom. The lowest BCUT2D eigenvalue weighted by molar-refractivity contribution is 0.660. The first-order valence-electron chi connectivity index (χ1n) is 19.8. The van der Waals surface area contributed by atoms with E-state index in [4.69, 9.17) is 4.42 Å². The maximum absolute atomic E-state index is 6.38. The molecule has 1 aliphatic rings. The average molecular weight is 728 g/mol. The van der Waals surface area contributed by atoms with Crippen molar-refractivity contribution in [1.82, 2.24) is 0 Å². The van der Waals surface area contributed by atoms with E-state index in [2.05, 4.69) is 201 Å². The van der Waals surface area contributed by atoms with E-state index in [9.17, 15) is 0 Å². The van der Waals surface area contributed by atoms with Crippen molar-refractivity contribution in [3.63, 3.8) is 0 Å². The zero-order valence-corrected chi connectivity index (χ0v) is 31.8. The predicted molar refractivity (Wildman–Crippen MR) is 241 cm³/mol. The molecule has 0 amide bonds. The van der Waals surface area contributed by atoms with E-state index in [1.807, 2.05) is 6.07 Å². The molecule has 0 radical (unpaired) electrons. The summed E-state index contributed by atoms with van der Waals surface area (Å²) in [5, 5.41) is 12.3. The van der Waals surface area contributed by atoms with Crippen molar-refractivity contribution in [3.8, 4) is 22.3 Å². The van der Waals surface area contributed by atoms with E-state index in [1.54, 1.807) is 0 Å². The van der Waals surface area contributed by atoms with Crippen LogP contribution in [0.25, 0.3) is 87.3 Å². The Balaban J connectivity index is 1.06. The number of nitrogens with zero attached hydrogens (tertiary/aromatic N) is 1. The van der Waals surface area contributed by atoms with Gasteiger partial charge in [0.2, 0.25) is 0 Å². The Labute approximate surface area is 330 Å². The molecule has 0 fully saturated rings. The molecule has 0 aliphatic heterocycles. The Morgan fingerprint density at radius 2 is 0.982 bits per heavy atom. The number of para-hydroxylation sites is 1. The van der Waals surface area contributed by atoms with Crippen LogP contribution in [0.1, 0.15) is 25.0 Å². The third-order valence-corrected chi connectivity index (χ3v) is 12.6. The summed E-state index contributed by atoms with van der Waals surface area (Å²) in [5.74, 6) is 0. The SMILES string of the molecule is CC1(C)c2ccccc2-c2ccc(N(c3ccc(-c4cccc5c6ccc7oc8ccccc8c7c6c6ccccc6c45)cc3)c3cccc4ccccc34)cc21. The fraction of sp³-hybridized carbons (Fsp3) is 0.0545. The number of hydrogen-bond acceptors (Lipinski definition) is 2. The first kappa shape index (κ1) is 32.1. The highest BCUT2D eigenvalue weighted by atomic mass is 16.3. The molecule has 0 atom stereocenters. The van der Waals surface area contributed by atoms with Gasteiger partial charge in [-0.2, -0.15) is 0 Å². The van der Waals surface area contributed by atoms with Gasteiger partial charge in [0, 0.05) is 38.3 Å². The highest BCUT2D eigenvalue weighted by Gasteiger charge is 2.36. The first-order chi connectivity index (χ1) is 28.0. The summed E-state index contributed by atoms with van der Waals surface area (Å²) < 4.78 is 6.38. The van der Waals surface area contributed by atoms with Crippen molar-refractivity contribution in [2.45, 2.75) is 19.3 Å². The maximum Gasteiger partial charge on any atom is 0.136 e. The van der Waals surface area contributed by atoms with Crippen LogP contribution in [0.4, 0.5) is 17.1 Å². The van der Waals surface area contributed by atoms with Gasteiger partial charge in [0.1, 0.15) is 11.2 Å². The Hall–Kier alpha value is -7.16. The highest BCUT2D eigenvalue weighted by molar-refractivity contribution is 6.36. The summed E-state index contributed by atoms with van der Waals surface area (Å²) in [6.07, 6.45) is 0. The smallest absolute Gasteiger partial charge is 0.136 e. The van der Waals surface area contributed by atoms with Crippen molar-refractivity contribution in [3.05, 3.63) is 199 Å². The molecule has 1 aromatic heterocycles. The largest absolute Gasteiger partial charge is 0.456 e. The van der Waals surface area contributed by atoms with Crippen LogP contribution >= 0.6 is 0 Å². The molecule has 2 nitrogen and oxygen atoms in total. The molecule has 57 heavy (non-hydrogen) atoms. The van der Waals surface area contributed by atoms with E-state index >= 15 is 0 Å². The van der Waals surface area contributed by atoms with Crippen LogP contribution in [0, 0.1) is 0 Å². The first-order valence-corrected chi connectivity index (χ1v) is 19.8. The monoisotopic (exact) mass is 727 g/mol. The molecule has 0 N–H and O–H groups in total.